The topological polar surface area (TPSA) is 96.4 Å². The monoisotopic (exact) mass is 494 g/mol. The van der Waals surface area contributed by atoms with Gasteiger partial charge in [-0.3, -0.25) is 9.78 Å². The molecule has 35 heavy (non-hydrogen) atoms. The normalized spacial score (nSPS) is 17.0. The average molecular weight is 495 g/mol. The minimum atomic E-state index is -0.408. The van der Waals surface area contributed by atoms with E-state index in [9.17, 15) is 14.4 Å². The van der Waals surface area contributed by atoms with Crippen molar-refractivity contribution in [2.75, 3.05) is 24.6 Å². The number of nitriles is 1. The van der Waals surface area contributed by atoms with E-state index in [2.05, 4.69) is 21.2 Å². The number of halogens is 2. The van der Waals surface area contributed by atoms with Gasteiger partial charge in [-0.2, -0.15) is 5.26 Å². The number of fused-ring (bicyclic) bond motifs is 1. The molecule has 0 spiro atoms. The van der Waals surface area contributed by atoms with E-state index < -0.39 is 5.82 Å². The third-order valence-corrected chi connectivity index (χ3v) is 6.86. The van der Waals surface area contributed by atoms with Gasteiger partial charge in [-0.25, -0.2) is 9.37 Å². The zero-order chi connectivity index (χ0) is 24.5. The second kappa shape index (κ2) is 9.62. The molecule has 1 aliphatic carbocycles. The maximum Gasteiger partial charge on any atom is 0.270 e. The molecule has 1 aliphatic heterocycles. The highest BCUT2D eigenvalue weighted by Crippen LogP contribution is 2.33. The predicted octanol–water partition coefficient (Wildman–Crippen LogP) is 4.04. The van der Waals surface area contributed by atoms with Crippen molar-refractivity contribution >= 4 is 34.0 Å². The first-order chi connectivity index (χ1) is 17.0. The number of oxime groups is 1. The van der Waals surface area contributed by atoms with Gasteiger partial charge < -0.3 is 14.3 Å². The lowest BCUT2D eigenvalue weighted by atomic mass is 9.89. The van der Waals surface area contributed by atoms with E-state index in [1.54, 1.807) is 25.2 Å². The van der Waals surface area contributed by atoms with Gasteiger partial charge in [-0.15, -0.1) is 0 Å². The van der Waals surface area contributed by atoms with Gasteiger partial charge in [0.1, 0.15) is 40.4 Å². The van der Waals surface area contributed by atoms with Crippen molar-refractivity contribution in [2.45, 2.75) is 25.7 Å². The van der Waals surface area contributed by atoms with E-state index in [-0.39, 0.29) is 17.0 Å². The van der Waals surface area contributed by atoms with Crippen molar-refractivity contribution in [2.24, 2.45) is 24.0 Å². The van der Waals surface area contributed by atoms with E-state index in [0.717, 1.165) is 12.8 Å². The van der Waals surface area contributed by atoms with Gasteiger partial charge in [0.05, 0.1) is 23.1 Å². The molecule has 3 aromatic heterocycles. The molecule has 0 atom stereocenters. The molecule has 0 aromatic carbocycles. The highest BCUT2D eigenvalue weighted by molar-refractivity contribution is 6.29. The smallest absolute Gasteiger partial charge is 0.270 e. The van der Waals surface area contributed by atoms with Gasteiger partial charge in [-0.05, 0) is 55.9 Å². The van der Waals surface area contributed by atoms with Gasteiger partial charge in [-0.1, -0.05) is 16.8 Å². The van der Waals surface area contributed by atoms with Crippen molar-refractivity contribution in [1.29, 1.82) is 5.26 Å². The minimum Gasteiger partial charge on any atom is -0.395 e. The second-order valence-corrected chi connectivity index (χ2v) is 9.43. The zero-order valence-corrected chi connectivity index (χ0v) is 20.0. The van der Waals surface area contributed by atoms with Crippen molar-refractivity contribution in [1.82, 2.24) is 14.5 Å². The van der Waals surface area contributed by atoms with Gasteiger partial charge >= 0.3 is 0 Å². The highest BCUT2D eigenvalue weighted by atomic mass is 35.5. The molecule has 2 aliphatic rings. The van der Waals surface area contributed by atoms with Crippen molar-refractivity contribution in [3.05, 3.63) is 63.0 Å². The van der Waals surface area contributed by atoms with Crippen molar-refractivity contribution in [3.63, 3.8) is 0 Å². The third kappa shape index (κ3) is 4.71. The molecule has 0 bridgehead atoms. The maximum absolute atomic E-state index is 13.5. The van der Waals surface area contributed by atoms with Crippen LogP contribution in [0.15, 0.2) is 40.4 Å². The molecule has 0 amide bonds. The van der Waals surface area contributed by atoms with E-state index in [0.29, 0.717) is 71.7 Å². The fraction of sp³-hybridized carbons (Fsp3) is 0.400. The SMILES string of the molecule is Cn1c(=O)c(C#N)c(N2CCC(/C(=N\OCC3CC3)c3ccc(F)cn3)CC2)c2nc(Cl)ccc21. The number of piperidine rings is 1. The summed E-state index contributed by atoms with van der Waals surface area (Å²) in [4.78, 5) is 29.2. The first-order valence-electron chi connectivity index (χ1n) is 11.6. The molecule has 4 heterocycles. The Hall–Kier alpha value is -3.51. The second-order valence-electron chi connectivity index (χ2n) is 9.04. The number of hydrogen-bond donors (Lipinski definition) is 0. The van der Waals surface area contributed by atoms with E-state index in [4.69, 9.17) is 16.4 Å². The van der Waals surface area contributed by atoms with E-state index in [1.165, 1.54) is 16.8 Å². The third-order valence-electron chi connectivity index (χ3n) is 6.65. The highest BCUT2D eigenvalue weighted by Gasteiger charge is 2.30. The summed E-state index contributed by atoms with van der Waals surface area (Å²) in [5.74, 6) is 0.179. The van der Waals surface area contributed by atoms with Crippen LogP contribution in [-0.4, -0.2) is 39.9 Å². The van der Waals surface area contributed by atoms with Crippen LogP contribution in [0.5, 0.6) is 0 Å². The molecule has 0 N–H and O–H groups in total. The number of pyridine rings is 3. The summed E-state index contributed by atoms with van der Waals surface area (Å²) in [7, 11) is 1.62. The van der Waals surface area contributed by atoms with E-state index in [1.807, 2.05) is 4.90 Å². The Morgan fingerprint density at radius 1 is 1.26 bits per heavy atom. The van der Waals surface area contributed by atoms with Crippen LogP contribution in [0.25, 0.3) is 11.0 Å². The average Bonchev–Trinajstić information content (AvgIpc) is 3.69. The molecular weight excluding hydrogens is 471 g/mol. The Bertz CT molecular complexity index is 1390. The standard InChI is InChI=1S/C25H24ClFN6O2/c1-32-20-6-7-21(26)30-23(20)24(18(12-28)25(32)34)33-10-8-16(9-11-33)22(31-35-14-15-2-3-15)19-5-4-17(27)13-29-19/h4-7,13,15-16H,2-3,8-11,14H2,1H3/b31-22+. The van der Waals surface area contributed by atoms with Crippen molar-refractivity contribution in [3.8, 4) is 6.07 Å². The van der Waals surface area contributed by atoms with Gasteiger partial charge in [0.15, 0.2) is 0 Å². The lowest BCUT2D eigenvalue weighted by Crippen LogP contribution is -2.39. The number of nitrogens with zero attached hydrogens (tertiary/aromatic N) is 6. The lowest BCUT2D eigenvalue weighted by molar-refractivity contribution is 0.132. The lowest BCUT2D eigenvalue weighted by Gasteiger charge is -2.34. The van der Waals surface area contributed by atoms with Gasteiger partial charge in [0.25, 0.3) is 5.56 Å². The molecule has 1 saturated heterocycles. The molecule has 0 radical (unpaired) electrons. The summed E-state index contributed by atoms with van der Waals surface area (Å²) < 4.78 is 14.9. The molecule has 5 rings (SSSR count). The summed E-state index contributed by atoms with van der Waals surface area (Å²) in [5.41, 5.74) is 2.61. The Balaban J connectivity index is 1.44. The fourth-order valence-electron chi connectivity index (χ4n) is 4.51. The molecule has 180 valence electrons. The molecule has 8 nitrogen and oxygen atoms in total. The predicted molar refractivity (Wildman–Crippen MR) is 131 cm³/mol. The maximum atomic E-state index is 13.5. The number of anilines is 1. The number of aromatic nitrogens is 3. The number of aryl methyl sites for hydroxylation is 1. The molecule has 2 fully saturated rings. The summed E-state index contributed by atoms with van der Waals surface area (Å²) in [6.07, 6.45) is 4.87. The summed E-state index contributed by atoms with van der Waals surface area (Å²) in [6.45, 7) is 1.71. The summed E-state index contributed by atoms with van der Waals surface area (Å²) in [6, 6.07) is 8.44. The fourth-order valence-corrected chi connectivity index (χ4v) is 4.66. The van der Waals surface area contributed by atoms with Gasteiger partial charge in [0, 0.05) is 26.1 Å². The van der Waals surface area contributed by atoms with Crippen LogP contribution in [0.4, 0.5) is 10.1 Å². The van der Waals surface area contributed by atoms with Crippen LogP contribution in [0, 0.1) is 29.0 Å². The first-order valence-corrected chi connectivity index (χ1v) is 12.0. The molecule has 1 saturated carbocycles. The van der Waals surface area contributed by atoms with Crippen LogP contribution in [0.2, 0.25) is 5.15 Å². The van der Waals surface area contributed by atoms with Crippen molar-refractivity contribution < 1.29 is 9.23 Å². The largest absolute Gasteiger partial charge is 0.395 e. The van der Waals surface area contributed by atoms with Crippen LogP contribution in [0.3, 0.4) is 0 Å². The van der Waals surface area contributed by atoms with Gasteiger partial charge in [0.2, 0.25) is 0 Å². The van der Waals surface area contributed by atoms with Crippen LogP contribution >= 0.6 is 11.6 Å². The zero-order valence-electron chi connectivity index (χ0n) is 19.2. The molecule has 0 unspecified atom stereocenters. The quantitative estimate of drug-likeness (QED) is 0.291. The summed E-state index contributed by atoms with van der Waals surface area (Å²) >= 11 is 6.17. The Kier molecular flexibility index (Phi) is 6.39. The minimum absolute atomic E-state index is 0.0308. The van der Waals surface area contributed by atoms with Crippen LogP contribution in [0.1, 0.15) is 36.9 Å². The first kappa shape index (κ1) is 23.2. The molecule has 3 aromatic rings. The number of rotatable bonds is 6. The van der Waals surface area contributed by atoms with E-state index >= 15 is 0 Å². The Morgan fingerprint density at radius 3 is 2.69 bits per heavy atom. The van der Waals surface area contributed by atoms with Crippen LogP contribution in [-0.2, 0) is 11.9 Å². The Morgan fingerprint density at radius 2 is 2.03 bits per heavy atom. The van der Waals surface area contributed by atoms with Crippen LogP contribution < -0.4 is 10.5 Å². The summed E-state index contributed by atoms with van der Waals surface area (Å²) in [5, 5.41) is 14.5. The number of hydrogen-bond acceptors (Lipinski definition) is 7. The molecule has 10 heteroatoms. The Labute approximate surface area is 206 Å². The molecular formula is C25H24ClFN6O2.